The van der Waals surface area contributed by atoms with Crippen LogP contribution in [0.4, 0.5) is 0 Å². The van der Waals surface area contributed by atoms with Gasteiger partial charge in [-0.05, 0) is 79.6 Å². The number of rotatable bonds is 5. The Bertz CT molecular complexity index is 1200. The molecule has 1 aromatic carbocycles. The van der Waals surface area contributed by atoms with Crippen LogP contribution in [-0.4, -0.2) is 35.3 Å². The average molecular weight is 493 g/mol. The van der Waals surface area contributed by atoms with Crippen LogP contribution in [0.2, 0.25) is 0 Å². The SMILES string of the molecule is C=C(C)[C@@H]1CC[C@@]2(C)CC1c1c(O)c3c(c(CC=C(C)C)c1O2)OC1C(=CC[C@@H]1C(C)(C)OC)C3=O. The van der Waals surface area contributed by atoms with E-state index in [1.165, 1.54) is 5.57 Å². The Morgan fingerprint density at radius 1 is 1.31 bits per heavy atom. The Balaban J connectivity index is 1.74. The van der Waals surface area contributed by atoms with Gasteiger partial charge >= 0.3 is 0 Å². The highest BCUT2D eigenvalue weighted by Gasteiger charge is 2.52. The Morgan fingerprint density at radius 2 is 2.03 bits per heavy atom. The van der Waals surface area contributed by atoms with Crippen LogP contribution in [0.3, 0.4) is 0 Å². The molecule has 0 saturated heterocycles. The van der Waals surface area contributed by atoms with E-state index in [9.17, 15) is 9.90 Å². The molecule has 0 spiro atoms. The van der Waals surface area contributed by atoms with Crippen molar-refractivity contribution in [2.45, 2.75) is 96.9 Å². The predicted octanol–water partition coefficient (Wildman–Crippen LogP) is 6.83. The van der Waals surface area contributed by atoms with Gasteiger partial charge < -0.3 is 19.3 Å². The van der Waals surface area contributed by atoms with E-state index < -0.39 is 11.7 Å². The van der Waals surface area contributed by atoms with Crippen molar-refractivity contribution < 1.29 is 24.1 Å². The Morgan fingerprint density at radius 3 is 2.67 bits per heavy atom. The molecule has 2 aliphatic carbocycles. The summed E-state index contributed by atoms with van der Waals surface area (Å²) in [6.07, 6.45) is 7.66. The maximum atomic E-state index is 14.0. The van der Waals surface area contributed by atoms with Crippen molar-refractivity contribution >= 4 is 5.78 Å². The van der Waals surface area contributed by atoms with E-state index in [1.807, 2.05) is 19.9 Å². The van der Waals surface area contributed by atoms with Crippen molar-refractivity contribution in [3.8, 4) is 17.2 Å². The van der Waals surface area contributed by atoms with Gasteiger partial charge in [0.1, 0.15) is 34.5 Å². The van der Waals surface area contributed by atoms with Crippen molar-refractivity contribution in [2.75, 3.05) is 7.11 Å². The fourth-order valence-electron chi connectivity index (χ4n) is 6.81. The lowest BCUT2D eigenvalue weighted by atomic mass is 9.64. The largest absolute Gasteiger partial charge is 0.507 e. The molecule has 1 N–H and O–H groups in total. The maximum Gasteiger partial charge on any atom is 0.199 e. The van der Waals surface area contributed by atoms with Crippen molar-refractivity contribution in [2.24, 2.45) is 11.8 Å². The van der Waals surface area contributed by atoms with E-state index in [1.54, 1.807) is 7.11 Å². The summed E-state index contributed by atoms with van der Waals surface area (Å²) < 4.78 is 19.3. The summed E-state index contributed by atoms with van der Waals surface area (Å²) in [5.74, 6) is 1.37. The van der Waals surface area contributed by atoms with Gasteiger partial charge in [0.25, 0.3) is 0 Å². The normalized spacial score (nSPS) is 30.3. The van der Waals surface area contributed by atoms with Gasteiger partial charge in [-0.15, -0.1) is 0 Å². The molecule has 5 rings (SSSR count). The van der Waals surface area contributed by atoms with Crippen molar-refractivity contribution in [3.05, 3.63) is 52.1 Å². The van der Waals surface area contributed by atoms with E-state index in [4.69, 9.17) is 14.2 Å². The number of allylic oxidation sites excluding steroid dienone is 4. The van der Waals surface area contributed by atoms with Gasteiger partial charge in [0.15, 0.2) is 5.78 Å². The van der Waals surface area contributed by atoms with Crippen LogP contribution in [-0.2, 0) is 11.2 Å². The van der Waals surface area contributed by atoms with Gasteiger partial charge in [-0.2, -0.15) is 0 Å². The van der Waals surface area contributed by atoms with Gasteiger partial charge in [-0.3, -0.25) is 4.79 Å². The van der Waals surface area contributed by atoms with Crippen LogP contribution < -0.4 is 9.47 Å². The van der Waals surface area contributed by atoms with Gasteiger partial charge in [-0.1, -0.05) is 29.9 Å². The molecule has 1 fully saturated rings. The third-order valence-electron chi connectivity index (χ3n) is 9.12. The van der Waals surface area contributed by atoms with E-state index in [0.717, 1.165) is 36.0 Å². The minimum atomic E-state index is -0.466. The molecule has 4 aliphatic rings. The fraction of sp³-hybridized carbons (Fsp3) is 0.581. The predicted molar refractivity (Wildman–Crippen MR) is 141 cm³/mol. The Kier molecular flexibility index (Phi) is 5.94. The zero-order valence-corrected chi connectivity index (χ0v) is 22.8. The molecule has 0 amide bonds. The van der Waals surface area contributed by atoms with Gasteiger partial charge in [0.2, 0.25) is 0 Å². The molecule has 0 radical (unpaired) electrons. The van der Waals surface area contributed by atoms with Crippen LogP contribution in [0.1, 0.15) is 94.6 Å². The molecule has 2 aliphatic heterocycles. The number of hydrogen-bond acceptors (Lipinski definition) is 5. The molecular weight excluding hydrogens is 452 g/mol. The van der Waals surface area contributed by atoms with E-state index in [0.29, 0.717) is 35.5 Å². The smallest absolute Gasteiger partial charge is 0.199 e. The molecule has 5 nitrogen and oxygen atoms in total. The third-order valence-corrected chi connectivity index (χ3v) is 9.12. The van der Waals surface area contributed by atoms with Crippen LogP contribution >= 0.6 is 0 Å². The standard InChI is InChI=1S/C31H40O5/c1-16(2)9-10-20-28-24(25(32)19-11-12-22(27(19)35-28)30(5,6)34-8)26(33)23-21-15-31(7,36-29(20)23)14-13-18(21)17(3)4/h9,11,18,21-22,27,33H,3,10,12-15H2,1-2,4-8H3/t18-,21?,22-,27?,31-/m0/s1. The van der Waals surface area contributed by atoms with Crippen LogP contribution in [0.15, 0.2) is 35.5 Å². The molecule has 5 heteroatoms. The number of phenols is 1. The number of phenolic OH excluding ortho intramolecular Hbond substituents is 1. The van der Waals surface area contributed by atoms with E-state index in [2.05, 4.69) is 40.3 Å². The molecule has 2 heterocycles. The quantitative estimate of drug-likeness (QED) is 0.457. The van der Waals surface area contributed by atoms with Crippen LogP contribution in [0.5, 0.6) is 17.2 Å². The summed E-state index contributed by atoms with van der Waals surface area (Å²) >= 11 is 0. The lowest BCUT2D eigenvalue weighted by molar-refractivity contribution is -0.0545. The average Bonchev–Trinajstić information content (AvgIpc) is 3.23. The highest BCUT2D eigenvalue weighted by atomic mass is 16.5. The summed E-state index contributed by atoms with van der Waals surface area (Å²) in [5, 5.41) is 11.8. The topological polar surface area (TPSA) is 65.0 Å². The van der Waals surface area contributed by atoms with Gasteiger partial charge in [0, 0.05) is 35.6 Å². The maximum absolute atomic E-state index is 14.0. The van der Waals surface area contributed by atoms with E-state index >= 15 is 0 Å². The first-order valence-corrected chi connectivity index (χ1v) is 13.2. The number of carbonyl (C=O) groups is 1. The molecule has 194 valence electrons. The summed E-state index contributed by atoms with van der Waals surface area (Å²) in [6.45, 7) is 16.7. The number of benzene rings is 1. The molecule has 2 bridgehead atoms. The number of Topliss-reactive ketones (excluding diaryl/α,β-unsaturated/α-hetero) is 1. The Hall–Kier alpha value is -2.53. The lowest BCUT2D eigenvalue weighted by Crippen LogP contribution is -2.46. The second kappa shape index (κ2) is 8.51. The first-order chi connectivity index (χ1) is 16.9. The van der Waals surface area contributed by atoms with Crippen LogP contribution in [0, 0.1) is 11.8 Å². The molecule has 1 aromatic rings. The molecule has 36 heavy (non-hydrogen) atoms. The van der Waals surface area contributed by atoms with Gasteiger partial charge in [-0.25, -0.2) is 0 Å². The number of aromatic hydroxyl groups is 1. The molecular formula is C31H40O5. The van der Waals surface area contributed by atoms with Crippen LogP contribution in [0.25, 0.3) is 0 Å². The first-order valence-electron chi connectivity index (χ1n) is 13.2. The van der Waals surface area contributed by atoms with Crippen molar-refractivity contribution in [1.82, 2.24) is 0 Å². The molecule has 1 saturated carbocycles. The summed E-state index contributed by atoms with van der Waals surface area (Å²) in [7, 11) is 1.70. The second-order valence-corrected chi connectivity index (χ2v) is 12.3. The highest BCUT2D eigenvalue weighted by Crippen LogP contribution is 2.60. The zero-order chi connectivity index (χ0) is 26.2. The summed E-state index contributed by atoms with van der Waals surface area (Å²) in [4.78, 5) is 14.0. The number of fused-ring (bicyclic) bond motifs is 6. The third kappa shape index (κ3) is 3.73. The Labute approximate surface area is 215 Å². The summed E-state index contributed by atoms with van der Waals surface area (Å²) in [6, 6.07) is 0. The lowest BCUT2D eigenvalue weighted by Gasteiger charge is -2.49. The minimum absolute atomic E-state index is 0.00492. The summed E-state index contributed by atoms with van der Waals surface area (Å²) in [5.41, 5.74) is 4.06. The number of hydrogen-bond donors (Lipinski definition) is 1. The van der Waals surface area contributed by atoms with E-state index in [-0.39, 0.29) is 34.9 Å². The highest BCUT2D eigenvalue weighted by molar-refractivity contribution is 6.15. The molecule has 2 unspecified atom stereocenters. The number of ether oxygens (including phenoxy) is 3. The monoisotopic (exact) mass is 492 g/mol. The first kappa shape index (κ1) is 25.1. The fourth-order valence-corrected chi connectivity index (χ4v) is 6.81. The van der Waals surface area contributed by atoms with Crippen molar-refractivity contribution in [3.63, 3.8) is 0 Å². The zero-order valence-electron chi connectivity index (χ0n) is 22.8. The second-order valence-electron chi connectivity index (χ2n) is 12.3. The molecule has 0 aromatic heterocycles. The van der Waals surface area contributed by atoms with Crippen molar-refractivity contribution in [1.29, 1.82) is 0 Å². The number of carbonyl (C=O) groups excluding carboxylic acids is 1. The number of ketones is 1. The van der Waals surface area contributed by atoms with Gasteiger partial charge in [0.05, 0.1) is 5.60 Å². The minimum Gasteiger partial charge on any atom is -0.507 e. The number of methoxy groups -OCH3 is 1. The molecule has 5 atom stereocenters.